The molecule has 0 aromatic heterocycles. The topological polar surface area (TPSA) is 75.7 Å². The van der Waals surface area contributed by atoms with E-state index in [9.17, 15) is 14.4 Å². The van der Waals surface area contributed by atoms with Gasteiger partial charge in [0.05, 0.1) is 17.3 Å². The second kappa shape index (κ2) is 7.84. The number of ether oxygens (including phenoxy) is 1. The quantitative estimate of drug-likeness (QED) is 0.833. The number of esters is 1. The van der Waals surface area contributed by atoms with Crippen molar-refractivity contribution in [2.24, 2.45) is 5.92 Å². The molecule has 4 rings (SSSR count). The van der Waals surface area contributed by atoms with Crippen molar-refractivity contribution in [2.45, 2.75) is 25.7 Å². The molecule has 0 saturated carbocycles. The summed E-state index contributed by atoms with van der Waals surface area (Å²) in [6, 6.07) is 15.6. The fourth-order valence-electron chi connectivity index (χ4n) is 3.80. The van der Waals surface area contributed by atoms with E-state index in [0.717, 1.165) is 35.3 Å². The van der Waals surface area contributed by atoms with Crippen LogP contribution in [0.2, 0.25) is 0 Å². The molecule has 0 radical (unpaired) electrons. The molecule has 0 spiro atoms. The summed E-state index contributed by atoms with van der Waals surface area (Å²) in [6.07, 6.45) is 2.45. The van der Waals surface area contributed by atoms with E-state index >= 15 is 0 Å². The predicted octanol–water partition coefficient (Wildman–Crippen LogP) is 2.52. The van der Waals surface area contributed by atoms with Crippen molar-refractivity contribution < 1.29 is 19.1 Å². The van der Waals surface area contributed by atoms with Gasteiger partial charge in [0.1, 0.15) is 0 Å². The molecule has 2 amide bonds. The first kappa shape index (κ1) is 18.2. The van der Waals surface area contributed by atoms with Gasteiger partial charge in [0, 0.05) is 13.0 Å². The summed E-state index contributed by atoms with van der Waals surface area (Å²) in [5.74, 6) is -1.17. The Bertz CT molecular complexity index is 867. The van der Waals surface area contributed by atoms with Crippen LogP contribution in [0.3, 0.4) is 0 Å². The molecule has 0 aliphatic carbocycles. The highest BCUT2D eigenvalue weighted by Gasteiger charge is 2.29. The zero-order valence-corrected chi connectivity index (χ0v) is 15.5. The van der Waals surface area contributed by atoms with E-state index in [-0.39, 0.29) is 25.0 Å². The second-order valence-electron chi connectivity index (χ2n) is 7.13. The number of para-hydroxylation sites is 2. The number of nitrogens with one attached hydrogen (secondary N) is 1. The zero-order chi connectivity index (χ0) is 19.5. The van der Waals surface area contributed by atoms with E-state index in [0.29, 0.717) is 12.8 Å². The summed E-state index contributed by atoms with van der Waals surface area (Å²) in [6.45, 7) is -0.0623. The Kier molecular flexibility index (Phi) is 5.10. The molecule has 1 fully saturated rings. The molecule has 144 valence electrons. The van der Waals surface area contributed by atoms with E-state index in [4.69, 9.17) is 4.74 Å². The average molecular weight is 378 g/mol. The molecule has 2 aromatic carbocycles. The van der Waals surface area contributed by atoms with Crippen molar-refractivity contribution in [2.75, 3.05) is 18.1 Å². The van der Waals surface area contributed by atoms with Crippen LogP contribution >= 0.6 is 0 Å². The highest BCUT2D eigenvalue weighted by Crippen LogP contribution is 2.36. The standard InChI is InChI=1S/C22H22N2O4/c25-20-12-11-17(13-23-20)22(27)28-14-21(26)24-18-7-3-1-5-15(18)9-10-16-6-2-4-8-19(16)24/h1-8,17H,9-14H2,(H,23,25)/t17-/m0/s1. The molecule has 2 heterocycles. The number of aryl methyl sites for hydroxylation is 2. The van der Waals surface area contributed by atoms with E-state index in [1.807, 2.05) is 48.5 Å². The van der Waals surface area contributed by atoms with Gasteiger partial charge in [-0.05, 0) is 42.5 Å². The van der Waals surface area contributed by atoms with Crippen molar-refractivity contribution in [3.63, 3.8) is 0 Å². The molecule has 2 aliphatic rings. The van der Waals surface area contributed by atoms with Crippen molar-refractivity contribution in [3.05, 3.63) is 59.7 Å². The minimum absolute atomic E-state index is 0.0575. The maximum atomic E-state index is 13.1. The number of rotatable bonds is 3. The Morgan fingerprint density at radius 3 is 2.14 bits per heavy atom. The van der Waals surface area contributed by atoms with Crippen LogP contribution in [-0.4, -0.2) is 30.9 Å². The van der Waals surface area contributed by atoms with Gasteiger partial charge in [-0.2, -0.15) is 0 Å². The molecule has 2 aromatic rings. The lowest BCUT2D eigenvalue weighted by atomic mass is 10.00. The lowest BCUT2D eigenvalue weighted by Gasteiger charge is -2.25. The number of hydrogen-bond donors (Lipinski definition) is 1. The van der Waals surface area contributed by atoms with Crippen LogP contribution in [0.25, 0.3) is 0 Å². The van der Waals surface area contributed by atoms with E-state index in [2.05, 4.69) is 5.32 Å². The van der Waals surface area contributed by atoms with Crippen LogP contribution in [0, 0.1) is 5.92 Å². The molecule has 6 heteroatoms. The Morgan fingerprint density at radius 2 is 1.57 bits per heavy atom. The smallest absolute Gasteiger partial charge is 0.311 e. The maximum Gasteiger partial charge on any atom is 0.311 e. The maximum absolute atomic E-state index is 13.1. The number of fused-ring (bicyclic) bond motifs is 2. The Balaban J connectivity index is 1.53. The summed E-state index contributed by atoms with van der Waals surface area (Å²) in [7, 11) is 0. The number of carbonyl (C=O) groups excluding carboxylic acids is 3. The molecule has 6 nitrogen and oxygen atoms in total. The number of benzene rings is 2. The fourth-order valence-corrected chi connectivity index (χ4v) is 3.80. The van der Waals surface area contributed by atoms with Gasteiger partial charge in [-0.1, -0.05) is 36.4 Å². The summed E-state index contributed by atoms with van der Waals surface area (Å²) in [5, 5.41) is 2.66. The van der Waals surface area contributed by atoms with E-state index in [1.54, 1.807) is 4.90 Å². The molecule has 2 aliphatic heterocycles. The molecular formula is C22H22N2O4. The van der Waals surface area contributed by atoms with Crippen LogP contribution in [0.4, 0.5) is 11.4 Å². The lowest BCUT2D eigenvalue weighted by molar-refractivity contribution is -0.153. The fraction of sp³-hybridized carbons (Fsp3) is 0.318. The van der Waals surface area contributed by atoms with E-state index in [1.165, 1.54) is 0 Å². The van der Waals surface area contributed by atoms with Gasteiger partial charge in [-0.15, -0.1) is 0 Å². The Hall–Kier alpha value is -3.15. The molecule has 0 unspecified atom stereocenters. The highest BCUT2D eigenvalue weighted by molar-refractivity contribution is 6.03. The summed E-state index contributed by atoms with van der Waals surface area (Å²) in [4.78, 5) is 38.3. The number of carbonyl (C=O) groups is 3. The molecular weight excluding hydrogens is 356 g/mol. The normalized spacial score (nSPS) is 18.4. The second-order valence-corrected chi connectivity index (χ2v) is 7.13. The number of amides is 2. The average Bonchev–Trinajstić information content (AvgIpc) is 2.89. The van der Waals surface area contributed by atoms with Crippen molar-refractivity contribution >= 4 is 29.2 Å². The lowest BCUT2D eigenvalue weighted by Crippen LogP contribution is -2.40. The third kappa shape index (κ3) is 3.63. The summed E-state index contributed by atoms with van der Waals surface area (Å²) in [5.41, 5.74) is 3.85. The van der Waals surface area contributed by atoms with Gasteiger partial charge in [0.25, 0.3) is 5.91 Å². The van der Waals surface area contributed by atoms with Gasteiger partial charge in [-0.3, -0.25) is 19.3 Å². The molecule has 0 bridgehead atoms. The largest absolute Gasteiger partial charge is 0.455 e. The van der Waals surface area contributed by atoms with Crippen molar-refractivity contribution in [3.8, 4) is 0 Å². The van der Waals surface area contributed by atoms with Crippen molar-refractivity contribution in [1.82, 2.24) is 5.32 Å². The summed E-state index contributed by atoms with van der Waals surface area (Å²) < 4.78 is 5.32. The first-order valence-corrected chi connectivity index (χ1v) is 9.55. The summed E-state index contributed by atoms with van der Waals surface area (Å²) >= 11 is 0. The van der Waals surface area contributed by atoms with Crippen LogP contribution in [0.15, 0.2) is 48.5 Å². The molecule has 1 atom stereocenters. The Morgan fingerprint density at radius 1 is 0.964 bits per heavy atom. The van der Waals surface area contributed by atoms with Gasteiger partial charge >= 0.3 is 5.97 Å². The Labute approximate surface area is 163 Å². The van der Waals surface area contributed by atoms with Gasteiger partial charge in [-0.25, -0.2) is 0 Å². The minimum Gasteiger partial charge on any atom is -0.455 e. The monoisotopic (exact) mass is 378 g/mol. The number of nitrogens with zero attached hydrogens (tertiary/aromatic N) is 1. The van der Waals surface area contributed by atoms with Crippen LogP contribution in [0.5, 0.6) is 0 Å². The van der Waals surface area contributed by atoms with Crippen LogP contribution in [0.1, 0.15) is 24.0 Å². The highest BCUT2D eigenvalue weighted by atomic mass is 16.5. The molecule has 28 heavy (non-hydrogen) atoms. The van der Waals surface area contributed by atoms with Gasteiger partial charge < -0.3 is 10.1 Å². The number of anilines is 2. The van der Waals surface area contributed by atoms with Gasteiger partial charge in [0.15, 0.2) is 6.61 Å². The minimum atomic E-state index is -0.440. The van der Waals surface area contributed by atoms with Crippen LogP contribution < -0.4 is 10.2 Å². The third-order valence-electron chi connectivity index (χ3n) is 5.31. The zero-order valence-electron chi connectivity index (χ0n) is 15.5. The first-order chi connectivity index (χ1) is 13.6. The van der Waals surface area contributed by atoms with Crippen molar-refractivity contribution in [1.29, 1.82) is 0 Å². The number of hydrogen-bond acceptors (Lipinski definition) is 4. The molecule has 1 saturated heterocycles. The predicted molar refractivity (Wildman–Crippen MR) is 104 cm³/mol. The number of piperidine rings is 1. The third-order valence-corrected chi connectivity index (χ3v) is 5.31. The SMILES string of the molecule is O=C1CC[C@H](C(=O)OCC(=O)N2c3ccccc3CCc3ccccc32)CN1. The van der Waals surface area contributed by atoms with E-state index < -0.39 is 11.9 Å². The van der Waals surface area contributed by atoms with Gasteiger partial charge in [0.2, 0.25) is 5.91 Å². The molecule has 1 N–H and O–H groups in total. The first-order valence-electron chi connectivity index (χ1n) is 9.55. The van der Waals surface area contributed by atoms with Crippen LogP contribution in [-0.2, 0) is 32.0 Å².